The molecule has 3 heteroatoms. The third-order valence-electron chi connectivity index (χ3n) is 3.26. The minimum atomic E-state index is 0.390. The summed E-state index contributed by atoms with van der Waals surface area (Å²) in [6.07, 6.45) is 2.08. The molecule has 0 saturated heterocycles. The lowest BCUT2D eigenvalue weighted by molar-refractivity contribution is 0.473. The van der Waals surface area contributed by atoms with E-state index in [9.17, 15) is 5.11 Å². The molecule has 1 nitrogen and oxygen atoms in total. The molecular formula is C16H14OS2. The SMILES string of the molecule is CSc1sc2ccccc2c1-c1cccc(C)c1O. The second-order valence-corrected chi connectivity index (χ2v) is 6.56. The van der Waals surface area contributed by atoms with Gasteiger partial charge in [0, 0.05) is 21.2 Å². The molecule has 1 N–H and O–H groups in total. The van der Waals surface area contributed by atoms with Gasteiger partial charge >= 0.3 is 0 Å². The average molecular weight is 286 g/mol. The molecule has 1 aromatic heterocycles. The zero-order valence-electron chi connectivity index (χ0n) is 10.8. The number of fused-ring (bicyclic) bond motifs is 1. The minimum absolute atomic E-state index is 0.390. The van der Waals surface area contributed by atoms with Gasteiger partial charge in [0.05, 0.1) is 4.21 Å². The number of aromatic hydroxyl groups is 1. The van der Waals surface area contributed by atoms with Gasteiger partial charge in [-0.2, -0.15) is 0 Å². The fourth-order valence-electron chi connectivity index (χ4n) is 2.28. The van der Waals surface area contributed by atoms with E-state index in [-0.39, 0.29) is 0 Å². The molecule has 0 aliphatic carbocycles. The van der Waals surface area contributed by atoms with E-state index in [2.05, 4.69) is 30.5 Å². The van der Waals surface area contributed by atoms with E-state index >= 15 is 0 Å². The normalized spacial score (nSPS) is 11.1. The van der Waals surface area contributed by atoms with Gasteiger partial charge in [-0.3, -0.25) is 0 Å². The van der Waals surface area contributed by atoms with Crippen molar-refractivity contribution in [2.45, 2.75) is 11.1 Å². The van der Waals surface area contributed by atoms with Crippen molar-refractivity contribution in [3.05, 3.63) is 48.0 Å². The lowest BCUT2D eigenvalue weighted by Crippen LogP contribution is -1.82. The maximum Gasteiger partial charge on any atom is 0.126 e. The first kappa shape index (κ1) is 12.6. The minimum Gasteiger partial charge on any atom is -0.507 e. The number of aryl methyl sites for hydroxylation is 1. The number of para-hydroxylation sites is 1. The fraction of sp³-hybridized carbons (Fsp3) is 0.125. The summed E-state index contributed by atoms with van der Waals surface area (Å²) in [5, 5.41) is 11.6. The van der Waals surface area contributed by atoms with E-state index in [0.29, 0.717) is 5.75 Å². The van der Waals surface area contributed by atoms with Crippen LogP contribution in [0.2, 0.25) is 0 Å². The predicted molar refractivity (Wildman–Crippen MR) is 85.4 cm³/mol. The first-order valence-electron chi connectivity index (χ1n) is 6.07. The largest absolute Gasteiger partial charge is 0.507 e. The van der Waals surface area contributed by atoms with Crippen molar-refractivity contribution >= 4 is 33.2 Å². The molecule has 0 amide bonds. The zero-order chi connectivity index (χ0) is 13.4. The van der Waals surface area contributed by atoms with Crippen LogP contribution in [0.1, 0.15) is 5.56 Å². The van der Waals surface area contributed by atoms with Crippen LogP contribution in [0.3, 0.4) is 0 Å². The highest BCUT2D eigenvalue weighted by atomic mass is 32.2. The van der Waals surface area contributed by atoms with Crippen LogP contribution in [0.15, 0.2) is 46.7 Å². The molecule has 2 aromatic carbocycles. The van der Waals surface area contributed by atoms with Crippen LogP contribution in [-0.4, -0.2) is 11.4 Å². The fourth-order valence-corrected chi connectivity index (χ4v) is 4.26. The second kappa shape index (κ2) is 4.91. The maximum absolute atomic E-state index is 10.3. The van der Waals surface area contributed by atoms with Crippen molar-refractivity contribution in [3.8, 4) is 16.9 Å². The van der Waals surface area contributed by atoms with Gasteiger partial charge in [0.1, 0.15) is 5.75 Å². The molecule has 96 valence electrons. The number of rotatable bonds is 2. The molecular weight excluding hydrogens is 272 g/mol. The topological polar surface area (TPSA) is 20.2 Å². The van der Waals surface area contributed by atoms with Crippen molar-refractivity contribution in [2.75, 3.05) is 6.26 Å². The lowest BCUT2D eigenvalue weighted by atomic mass is 10.0. The van der Waals surface area contributed by atoms with Gasteiger partial charge in [-0.15, -0.1) is 23.1 Å². The van der Waals surface area contributed by atoms with E-state index in [1.54, 1.807) is 23.1 Å². The van der Waals surface area contributed by atoms with Crippen molar-refractivity contribution in [1.82, 2.24) is 0 Å². The third-order valence-corrected chi connectivity index (χ3v) is 5.55. The molecule has 0 spiro atoms. The molecule has 0 aliphatic heterocycles. The Morgan fingerprint density at radius 1 is 1.05 bits per heavy atom. The number of hydrogen-bond acceptors (Lipinski definition) is 3. The Bertz CT molecular complexity index is 744. The Morgan fingerprint density at radius 3 is 2.63 bits per heavy atom. The standard InChI is InChI=1S/C16H14OS2/c1-10-6-5-8-12(15(10)17)14-11-7-3-4-9-13(11)19-16(14)18-2/h3-9,17H,1-2H3. The Morgan fingerprint density at radius 2 is 1.84 bits per heavy atom. The summed E-state index contributed by atoms with van der Waals surface area (Å²) in [5.74, 6) is 0.390. The number of benzene rings is 2. The van der Waals surface area contributed by atoms with Crippen molar-refractivity contribution in [1.29, 1.82) is 0 Å². The first-order valence-corrected chi connectivity index (χ1v) is 8.11. The van der Waals surface area contributed by atoms with Gasteiger partial charge in [-0.1, -0.05) is 36.4 Å². The Balaban J connectivity index is 2.38. The predicted octanol–water partition coefficient (Wildman–Crippen LogP) is 5.30. The summed E-state index contributed by atoms with van der Waals surface area (Å²) in [6.45, 7) is 1.94. The maximum atomic E-state index is 10.3. The zero-order valence-corrected chi connectivity index (χ0v) is 12.4. The molecule has 3 aromatic rings. The number of hydrogen-bond donors (Lipinski definition) is 1. The van der Waals surface area contributed by atoms with E-state index in [0.717, 1.165) is 16.7 Å². The summed E-state index contributed by atoms with van der Waals surface area (Å²) in [6, 6.07) is 14.3. The summed E-state index contributed by atoms with van der Waals surface area (Å²) in [4.78, 5) is 0. The van der Waals surface area contributed by atoms with Crippen LogP contribution < -0.4 is 0 Å². The molecule has 0 radical (unpaired) electrons. The van der Waals surface area contributed by atoms with Gasteiger partial charge in [0.15, 0.2) is 0 Å². The number of phenols is 1. The smallest absolute Gasteiger partial charge is 0.126 e. The second-order valence-electron chi connectivity index (χ2n) is 4.44. The molecule has 3 rings (SSSR count). The monoisotopic (exact) mass is 286 g/mol. The van der Waals surface area contributed by atoms with E-state index in [4.69, 9.17) is 0 Å². The van der Waals surface area contributed by atoms with E-state index < -0.39 is 0 Å². The average Bonchev–Trinajstić information content (AvgIpc) is 2.80. The molecule has 0 fully saturated rings. The first-order chi connectivity index (χ1) is 9.22. The van der Waals surface area contributed by atoms with Crippen molar-refractivity contribution in [2.24, 2.45) is 0 Å². The Hall–Kier alpha value is -1.45. The highest BCUT2D eigenvalue weighted by Crippen LogP contribution is 2.46. The van der Waals surface area contributed by atoms with Crippen LogP contribution in [0.4, 0.5) is 0 Å². The summed E-state index contributed by atoms with van der Waals surface area (Å²) in [7, 11) is 0. The van der Waals surface area contributed by atoms with Crippen LogP contribution in [-0.2, 0) is 0 Å². The Kier molecular flexibility index (Phi) is 3.25. The van der Waals surface area contributed by atoms with Gasteiger partial charge in [0.2, 0.25) is 0 Å². The highest BCUT2D eigenvalue weighted by molar-refractivity contribution is 8.00. The molecule has 19 heavy (non-hydrogen) atoms. The van der Waals surface area contributed by atoms with Crippen molar-refractivity contribution < 1.29 is 5.11 Å². The van der Waals surface area contributed by atoms with Gasteiger partial charge in [-0.25, -0.2) is 0 Å². The quantitative estimate of drug-likeness (QED) is 0.645. The molecule has 1 heterocycles. The number of thiophene rings is 1. The third kappa shape index (κ3) is 2.03. The van der Waals surface area contributed by atoms with Crippen molar-refractivity contribution in [3.63, 3.8) is 0 Å². The van der Waals surface area contributed by atoms with Crippen LogP contribution in [0, 0.1) is 6.92 Å². The summed E-state index contributed by atoms with van der Waals surface area (Å²) >= 11 is 3.52. The molecule has 0 atom stereocenters. The van der Waals surface area contributed by atoms with Gasteiger partial charge < -0.3 is 5.11 Å². The van der Waals surface area contributed by atoms with Crippen LogP contribution in [0.25, 0.3) is 21.2 Å². The lowest BCUT2D eigenvalue weighted by Gasteiger charge is -2.08. The number of thioether (sulfide) groups is 1. The van der Waals surface area contributed by atoms with E-state index in [1.165, 1.54) is 14.3 Å². The van der Waals surface area contributed by atoms with Crippen LogP contribution >= 0.6 is 23.1 Å². The summed E-state index contributed by atoms with van der Waals surface area (Å²) in [5.41, 5.74) is 3.01. The van der Waals surface area contributed by atoms with Crippen LogP contribution in [0.5, 0.6) is 5.75 Å². The van der Waals surface area contributed by atoms with Gasteiger partial charge in [-0.05, 0) is 24.8 Å². The molecule has 0 saturated carbocycles. The Labute approximate surface area is 120 Å². The molecule has 0 bridgehead atoms. The molecule has 0 aliphatic rings. The molecule has 0 unspecified atom stereocenters. The van der Waals surface area contributed by atoms with E-state index in [1.807, 2.05) is 25.1 Å². The highest BCUT2D eigenvalue weighted by Gasteiger charge is 2.16. The van der Waals surface area contributed by atoms with Gasteiger partial charge in [0.25, 0.3) is 0 Å². The summed E-state index contributed by atoms with van der Waals surface area (Å²) < 4.78 is 2.52. The number of phenolic OH excluding ortho intramolecular Hbond substituents is 1.